The zero-order valence-corrected chi connectivity index (χ0v) is 12.5. The topological polar surface area (TPSA) is 74.8 Å². The zero-order valence-electron chi connectivity index (χ0n) is 12.5. The molecule has 1 aliphatic carbocycles. The Balaban J connectivity index is 1.85. The van der Waals surface area contributed by atoms with E-state index in [2.05, 4.69) is 15.3 Å². The number of aromatic amines is 1. The number of H-pyrrole nitrogens is 1. The number of amides is 1. The molecule has 3 rings (SSSR count). The third-order valence-corrected chi connectivity index (χ3v) is 3.88. The number of carbonyl (C=O) groups excluding carboxylic acids is 1. The molecule has 0 saturated heterocycles. The van der Waals surface area contributed by atoms with Crippen molar-refractivity contribution >= 4 is 11.9 Å². The smallest absolute Gasteiger partial charge is 0.292 e. The highest BCUT2D eigenvalue weighted by Gasteiger charge is 2.31. The number of carbonyl (C=O) groups is 1. The molecular weight excluding hydrogens is 323 g/mol. The van der Waals surface area contributed by atoms with Crippen molar-refractivity contribution in [2.45, 2.75) is 31.9 Å². The highest BCUT2D eigenvalue weighted by atomic mass is 19.4. The number of anilines is 1. The Morgan fingerprint density at radius 3 is 2.71 bits per heavy atom. The number of hydrogen-bond donors (Lipinski definition) is 2. The summed E-state index contributed by atoms with van der Waals surface area (Å²) in [6, 6.07) is 4.06. The van der Waals surface area contributed by atoms with Crippen molar-refractivity contribution in [3.8, 4) is 0 Å². The second-order valence-corrected chi connectivity index (χ2v) is 5.58. The molecule has 1 aliphatic rings. The fourth-order valence-electron chi connectivity index (χ4n) is 2.68. The Morgan fingerprint density at radius 2 is 1.96 bits per heavy atom. The third-order valence-electron chi connectivity index (χ3n) is 3.88. The molecule has 0 bridgehead atoms. The van der Waals surface area contributed by atoms with E-state index < -0.39 is 17.6 Å². The van der Waals surface area contributed by atoms with Crippen LogP contribution in [0.4, 0.5) is 19.1 Å². The van der Waals surface area contributed by atoms with Crippen LogP contribution >= 0.6 is 0 Å². The third kappa shape index (κ3) is 3.32. The predicted octanol–water partition coefficient (Wildman–Crippen LogP) is 2.92. The number of alkyl halides is 3. The van der Waals surface area contributed by atoms with E-state index in [4.69, 9.17) is 0 Å². The van der Waals surface area contributed by atoms with Gasteiger partial charge in [0.2, 0.25) is 5.95 Å². The SMILES string of the molecule is O=C(Nc1nc2c(c(=O)[nH]1)CCCC2)c1cccc(C(F)(F)F)c1. The van der Waals surface area contributed by atoms with Gasteiger partial charge in [0.15, 0.2) is 0 Å². The second-order valence-electron chi connectivity index (χ2n) is 5.58. The molecule has 5 nitrogen and oxygen atoms in total. The minimum atomic E-state index is -4.53. The summed E-state index contributed by atoms with van der Waals surface area (Å²) in [6.45, 7) is 0. The van der Waals surface area contributed by atoms with Crippen LogP contribution in [0.3, 0.4) is 0 Å². The number of aryl methyl sites for hydroxylation is 1. The number of nitrogens with zero attached hydrogens (tertiary/aromatic N) is 1. The Bertz CT molecular complexity index is 843. The molecule has 24 heavy (non-hydrogen) atoms. The van der Waals surface area contributed by atoms with Crippen molar-refractivity contribution in [3.63, 3.8) is 0 Å². The second kappa shape index (κ2) is 6.10. The van der Waals surface area contributed by atoms with Gasteiger partial charge in [0.1, 0.15) is 0 Å². The monoisotopic (exact) mass is 337 g/mol. The van der Waals surface area contributed by atoms with Crippen LogP contribution < -0.4 is 10.9 Å². The van der Waals surface area contributed by atoms with Gasteiger partial charge in [-0.3, -0.25) is 19.9 Å². The first-order chi connectivity index (χ1) is 11.3. The van der Waals surface area contributed by atoms with Crippen LogP contribution in [0.5, 0.6) is 0 Å². The lowest BCUT2D eigenvalue weighted by Gasteiger charge is -2.15. The molecule has 1 aromatic heterocycles. The van der Waals surface area contributed by atoms with E-state index in [1.54, 1.807) is 0 Å². The molecule has 2 aromatic rings. The van der Waals surface area contributed by atoms with Gasteiger partial charge >= 0.3 is 6.18 Å². The molecular formula is C16H14F3N3O2. The Hall–Kier alpha value is -2.64. The van der Waals surface area contributed by atoms with E-state index in [1.165, 1.54) is 6.07 Å². The molecule has 0 saturated carbocycles. The summed E-state index contributed by atoms with van der Waals surface area (Å²) in [5, 5.41) is 2.35. The van der Waals surface area contributed by atoms with Crippen LogP contribution in [0.2, 0.25) is 0 Å². The highest BCUT2D eigenvalue weighted by Crippen LogP contribution is 2.29. The van der Waals surface area contributed by atoms with Gasteiger partial charge in [0, 0.05) is 11.1 Å². The van der Waals surface area contributed by atoms with Crippen molar-refractivity contribution in [1.29, 1.82) is 0 Å². The molecule has 1 amide bonds. The fourth-order valence-corrected chi connectivity index (χ4v) is 2.68. The van der Waals surface area contributed by atoms with Gasteiger partial charge in [0.25, 0.3) is 11.5 Å². The zero-order chi connectivity index (χ0) is 17.3. The lowest BCUT2D eigenvalue weighted by Crippen LogP contribution is -2.24. The van der Waals surface area contributed by atoms with E-state index in [0.717, 1.165) is 31.0 Å². The lowest BCUT2D eigenvalue weighted by molar-refractivity contribution is -0.137. The van der Waals surface area contributed by atoms with E-state index >= 15 is 0 Å². The summed E-state index contributed by atoms with van der Waals surface area (Å²) >= 11 is 0. The molecule has 0 spiro atoms. The fraction of sp³-hybridized carbons (Fsp3) is 0.312. The van der Waals surface area contributed by atoms with Crippen molar-refractivity contribution < 1.29 is 18.0 Å². The van der Waals surface area contributed by atoms with Crippen LogP contribution in [0.1, 0.15) is 40.0 Å². The van der Waals surface area contributed by atoms with Crippen molar-refractivity contribution in [2.75, 3.05) is 5.32 Å². The van der Waals surface area contributed by atoms with Crippen LogP contribution in [-0.2, 0) is 19.0 Å². The standard InChI is InChI=1S/C16H14F3N3O2/c17-16(18,19)10-5-3-4-9(8-10)13(23)21-15-20-12-7-2-1-6-11(12)14(24)22-15/h3-5,8H,1-2,6-7H2,(H2,20,21,22,23,24). The minimum Gasteiger partial charge on any atom is -0.292 e. The molecule has 8 heteroatoms. The molecule has 0 aliphatic heterocycles. The summed E-state index contributed by atoms with van der Waals surface area (Å²) in [5.74, 6) is -0.817. The van der Waals surface area contributed by atoms with Gasteiger partial charge in [0.05, 0.1) is 11.3 Å². The first kappa shape index (κ1) is 16.2. The van der Waals surface area contributed by atoms with Crippen LogP contribution in [-0.4, -0.2) is 15.9 Å². The number of fused-ring (bicyclic) bond motifs is 1. The maximum Gasteiger partial charge on any atom is 0.416 e. The van der Waals surface area contributed by atoms with Crippen LogP contribution in [0.15, 0.2) is 29.1 Å². The van der Waals surface area contributed by atoms with E-state index in [9.17, 15) is 22.8 Å². The van der Waals surface area contributed by atoms with Gasteiger partial charge in [-0.1, -0.05) is 6.07 Å². The first-order valence-corrected chi connectivity index (χ1v) is 7.45. The number of nitrogens with one attached hydrogen (secondary N) is 2. The first-order valence-electron chi connectivity index (χ1n) is 7.45. The summed E-state index contributed by atoms with van der Waals surface area (Å²) in [5.41, 5.74) is -0.158. The summed E-state index contributed by atoms with van der Waals surface area (Å²) in [7, 11) is 0. The molecule has 0 radical (unpaired) electrons. The predicted molar refractivity (Wildman–Crippen MR) is 80.9 cm³/mol. The van der Waals surface area contributed by atoms with Crippen molar-refractivity contribution in [3.05, 3.63) is 57.0 Å². The number of benzene rings is 1. The maximum atomic E-state index is 12.7. The Labute approximate surface area is 134 Å². The minimum absolute atomic E-state index is 0.0527. The van der Waals surface area contributed by atoms with Gasteiger partial charge in [-0.05, 0) is 43.9 Å². The molecule has 2 N–H and O–H groups in total. The lowest BCUT2D eigenvalue weighted by atomic mass is 9.97. The number of hydrogen-bond acceptors (Lipinski definition) is 3. The van der Waals surface area contributed by atoms with Gasteiger partial charge in [-0.25, -0.2) is 4.98 Å². The normalized spacial score (nSPS) is 14.1. The Kier molecular flexibility index (Phi) is 4.13. The van der Waals surface area contributed by atoms with Gasteiger partial charge < -0.3 is 0 Å². The van der Waals surface area contributed by atoms with Gasteiger partial charge in [-0.15, -0.1) is 0 Å². The maximum absolute atomic E-state index is 12.7. The molecule has 0 atom stereocenters. The van der Waals surface area contributed by atoms with Crippen LogP contribution in [0, 0.1) is 0 Å². The van der Waals surface area contributed by atoms with Crippen molar-refractivity contribution in [2.24, 2.45) is 0 Å². The molecule has 0 unspecified atom stereocenters. The Morgan fingerprint density at radius 1 is 1.21 bits per heavy atom. The van der Waals surface area contributed by atoms with Gasteiger partial charge in [-0.2, -0.15) is 13.2 Å². The average molecular weight is 337 g/mol. The number of aromatic nitrogens is 2. The molecule has 1 aromatic carbocycles. The van der Waals surface area contributed by atoms with E-state index in [0.29, 0.717) is 24.1 Å². The molecule has 1 heterocycles. The molecule has 0 fully saturated rings. The highest BCUT2D eigenvalue weighted by molar-refractivity contribution is 6.03. The summed E-state index contributed by atoms with van der Waals surface area (Å²) in [4.78, 5) is 30.8. The largest absolute Gasteiger partial charge is 0.416 e. The average Bonchev–Trinajstić information content (AvgIpc) is 2.54. The van der Waals surface area contributed by atoms with E-state index in [1.807, 2.05) is 0 Å². The summed E-state index contributed by atoms with van der Waals surface area (Å²) in [6.07, 6.45) is -1.43. The van der Waals surface area contributed by atoms with E-state index in [-0.39, 0.29) is 17.1 Å². The van der Waals surface area contributed by atoms with Crippen molar-refractivity contribution in [1.82, 2.24) is 9.97 Å². The quantitative estimate of drug-likeness (QED) is 0.885. The summed E-state index contributed by atoms with van der Waals surface area (Å²) < 4.78 is 38.1. The number of rotatable bonds is 2. The molecule has 126 valence electrons. The van der Waals surface area contributed by atoms with Crippen LogP contribution in [0.25, 0.3) is 0 Å². The number of halogens is 3.